The second kappa shape index (κ2) is 9.09. The van der Waals surface area contributed by atoms with Crippen molar-refractivity contribution in [3.05, 3.63) is 81.6 Å². The smallest absolute Gasteiger partial charge is 0.383 e. The number of alkyl halides is 3. The highest BCUT2D eigenvalue weighted by Crippen LogP contribution is 2.41. The van der Waals surface area contributed by atoms with Crippen LogP contribution in [-0.2, 0) is 12.6 Å². The van der Waals surface area contributed by atoms with Gasteiger partial charge < -0.3 is 16.4 Å². The molecule has 2 aliphatic rings. The van der Waals surface area contributed by atoms with Crippen LogP contribution in [0.5, 0.6) is 0 Å². The summed E-state index contributed by atoms with van der Waals surface area (Å²) in [6, 6.07) is 14.5. The number of hydrogen-bond donors (Lipinski definition) is 3. The van der Waals surface area contributed by atoms with Crippen LogP contribution >= 0.6 is 0 Å². The SMILES string of the molecule is NC(=Nc1ccccc1)c1c(NCCc2ccc(C(F)(F)F)cc2)n2c(nc1=O)N[C@@H]1CCC[C@@H]12. The fourth-order valence-electron chi connectivity index (χ4n) is 4.83. The van der Waals surface area contributed by atoms with Crippen LogP contribution in [0.25, 0.3) is 0 Å². The van der Waals surface area contributed by atoms with Crippen molar-refractivity contribution in [1.82, 2.24) is 9.55 Å². The number of benzene rings is 2. The maximum absolute atomic E-state index is 13.0. The van der Waals surface area contributed by atoms with Crippen molar-refractivity contribution in [2.75, 3.05) is 17.2 Å². The largest absolute Gasteiger partial charge is 0.416 e. The molecule has 1 aliphatic carbocycles. The predicted octanol–water partition coefficient (Wildman–Crippen LogP) is 4.47. The van der Waals surface area contributed by atoms with Gasteiger partial charge in [-0.1, -0.05) is 30.3 Å². The zero-order valence-electron chi connectivity index (χ0n) is 18.8. The van der Waals surface area contributed by atoms with Crippen LogP contribution in [0, 0.1) is 0 Å². The van der Waals surface area contributed by atoms with Gasteiger partial charge in [-0.3, -0.25) is 9.36 Å². The molecule has 2 aromatic carbocycles. The van der Waals surface area contributed by atoms with Crippen LogP contribution in [0.15, 0.2) is 64.4 Å². The van der Waals surface area contributed by atoms with E-state index in [-0.39, 0.29) is 23.5 Å². The Morgan fingerprint density at radius 3 is 2.60 bits per heavy atom. The molecular formula is C25H25F3N6O. The Morgan fingerprint density at radius 2 is 1.89 bits per heavy atom. The number of rotatable bonds is 6. The molecule has 10 heteroatoms. The highest BCUT2D eigenvalue weighted by molar-refractivity contribution is 6.03. The molecule has 2 atom stereocenters. The number of amidine groups is 1. The van der Waals surface area contributed by atoms with Gasteiger partial charge >= 0.3 is 6.18 Å². The number of halogens is 3. The zero-order valence-corrected chi connectivity index (χ0v) is 18.8. The average molecular weight is 483 g/mol. The lowest BCUT2D eigenvalue weighted by Gasteiger charge is -2.21. The maximum Gasteiger partial charge on any atom is 0.416 e. The molecule has 35 heavy (non-hydrogen) atoms. The number of hydrogen-bond acceptors (Lipinski definition) is 5. The van der Waals surface area contributed by atoms with Gasteiger partial charge in [-0.2, -0.15) is 18.2 Å². The highest BCUT2D eigenvalue weighted by Gasteiger charge is 2.39. The molecule has 182 valence electrons. The summed E-state index contributed by atoms with van der Waals surface area (Å²) in [7, 11) is 0. The quantitative estimate of drug-likeness (QED) is 0.356. The molecule has 2 heterocycles. The van der Waals surface area contributed by atoms with Crippen molar-refractivity contribution in [1.29, 1.82) is 0 Å². The zero-order chi connectivity index (χ0) is 24.6. The molecule has 0 radical (unpaired) electrons. The second-order valence-electron chi connectivity index (χ2n) is 8.79. The molecule has 0 amide bonds. The number of nitrogens with two attached hydrogens (primary N) is 1. The molecule has 5 rings (SSSR count). The molecule has 7 nitrogen and oxygen atoms in total. The molecule has 4 N–H and O–H groups in total. The highest BCUT2D eigenvalue weighted by atomic mass is 19.4. The van der Waals surface area contributed by atoms with Crippen LogP contribution in [-0.4, -0.2) is 28.0 Å². The third-order valence-electron chi connectivity index (χ3n) is 6.50. The summed E-state index contributed by atoms with van der Waals surface area (Å²) in [5, 5.41) is 6.67. The number of nitrogens with zero attached hydrogens (tertiary/aromatic N) is 3. The molecule has 0 bridgehead atoms. The van der Waals surface area contributed by atoms with Gasteiger partial charge in [-0.15, -0.1) is 0 Å². The number of aliphatic imine (C=N–C) groups is 1. The Labute approximate surface area is 199 Å². The topological polar surface area (TPSA) is 97.3 Å². The fraction of sp³-hybridized carbons (Fsp3) is 0.320. The van der Waals surface area contributed by atoms with E-state index in [1.54, 1.807) is 12.1 Å². The minimum atomic E-state index is -4.37. The van der Waals surface area contributed by atoms with Crippen LogP contribution in [0.1, 0.15) is 42.0 Å². The van der Waals surface area contributed by atoms with Gasteiger partial charge in [0.1, 0.15) is 17.2 Å². The Hall–Kier alpha value is -3.82. The first-order chi connectivity index (χ1) is 16.8. The normalized spacial score (nSPS) is 19.2. The molecular weight excluding hydrogens is 457 g/mol. The maximum atomic E-state index is 13.0. The lowest BCUT2D eigenvalue weighted by molar-refractivity contribution is -0.137. The summed E-state index contributed by atoms with van der Waals surface area (Å²) in [6.07, 6.45) is -0.929. The van der Waals surface area contributed by atoms with Crippen molar-refractivity contribution >= 4 is 23.3 Å². The van der Waals surface area contributed by atoms with Gasteiger partial charge in [0.15, 0.2) is 0 Å². The van der Waals surface area contributed by atoms with E-state index in [0.717, 1.165) is 37.0 Å². The third kappa shape index (κ3) is 4.60. The van der Waals surface area contributed by atoms with Crippen molar-refractivity contribution in [3.63, 3.8) is 0 Å². The Morgan fingerprint density at radius 1 is 1.14 bits per heavy atom. The number of fused-ring (bicyclic) bond motifs is 3. The average Bonchev–Trinajstić information content (AvgIpc) is 3.40. The van der Waals surface area contributed by atoms with Crippen LogP contribution in [0.2, 0.25) is 0 Å². The molecule has 3 aromatic rings. The Kier molecular flexibility index (Phi) is 5.96. The van der Waals surface area contributed by atoms with E-state index in [2.05, 4.69) is 20.6 Å². The number of anilines is 2. The molecule has 0 spiro atoms. The van der Waals surface area contributed by atoms with Gasteiger partial charge in [0.05, 0.1) is 17.3 Å². The summed E-state index contributed by atoms with van der Waals surface area (Å²) < 4.78 is 40.6. The second-order valence-corrected chi connectivity index (χ2v) is 8.79. The first kappa shape index (κ1) is 22.9. The van der Waals surface area contributed by atoms with Crippen LogP contribution in [0.4, 0.5) is 30.6 Å². The third-order valence-corrected chi connectivity index (χ3v) is 6.50. The lowest BCUT2D eigenvalue weighted by atomic mass is 10.1. The molecule has 0 saturated heterocycles. The summed E-state index contributed by atoms with van der Waals surface area (Å²) in [5.41, 5.74) is 6.71. The van der Waals surface area contributed by atoms with Crippen molar-refractivity contribution in [2.45, 2.75) is 43.9 Å². The summed E-state index contributed by atoms with van der Waals surface area (Å²) in [6.45, 7) is 0.386. The van der Waals surface area contributed by atoms with Gasteiger partial charge in [0, 0.05) is 12.6 Å². The van der Waals surface area contributed by atoms with E-state index >= 15 is 0 Å². The van der Waals surface area contributed by atoms with Crippen LogP contribution < -0.4 is 21.9 Å². The van der Waals surface area contributed by atoms with E-state index < -0.39 is 17.3 Å². The standard InChI is InChI=1S/C25H25F3N6O/c26-25(27,28)16-11-9-15(10-12-16)13-14-30-22-20(21(29)31-17-5-2-1-3-6-17)23(35)33-24-32-18-7-4-8-19(18)34(22)24/h1-3,5-6,9-12,18-19,30H,4,7-8,13-14H2,(H2,29,31)(H,32,33,35)/t18-,19+/m1/s1. The molecule has 1 fully saturated rings. The Bertz CT molecular complexity index is 1300. The summed E-state index contributed by atoms with van der Waals surface area (Å²) >= 11 is 0. The summed E-state index contributed by atoms with van der Waals surface area (Å²) in [5.74, 6) is 1.09. The number of para-hydroxylation sites is 1. The van der Waals surface area contributed by atoms with Gasteiger partial charge in [0.2, 0.25) is 5.95 Å². The fourth-order valence-corrected chi connectivity index (χ4v) is 4.83. The van der Waals surface area contributed by atoms with E-state index in [1.165, 1.54) is 12.1 Å². The lowest BCUT2D eigenvalue weighted by Crippen LogP contribution is -2.30. The van der Waals surface area contributed by atoms with Gasteiger partial charge in [0.25, 0.3) is 5.56 Å². The molecule has 1 aliphatic heterocycles. The van der Waals surface area contributed by atoms with E-state index in [1.807, 2.05) is 22.8 Å². The molecule has 0 unspecified atom stereocenters. The minimum absolute atomic E-state index is 0.0578. The van der Waals surface area contributed by atoms with Crippen molar-refractivity contribution in [3.8, 4) is 0 Å². The predicted molar refractivity (Wildman–Crippen MR) is 129 cm³/mol. The van der Waals surface area contributed by atoms with E-state index in [9.17, 15) is 18.0 Å². The van der Waals surface area contributed by atoms with Crippen molar-refractivity contribution in [2.24, 2.45) is 10.7 Å². The van der Waals surface area contributed by atoms with E-state index in [0.29, 0.717) is 30.4 Å². The number of aromatic nitrogens is 2. The molecule has 1 aromatic heterocycles. The van der Waals surface area contributed by atoms with E-state index in [4.69, 9.17) is 5.73 Å². The van der Waals surface area contributed by atoms with Crippen LogP contribution in [0.3, 0.4) is 0 Å². The minimum Gasteiger partial charge on any atom is -0.383 e. The van der Waals surface area contributed by atoms with Gasteiger partial charge in [-0.25, -0.2) is 4.99 Å². The monoisotopic (exact) mass is 482 g/mol. The van der Waals surface area contributed by atoms with Crippen molar-refractivity contribution < 1.29 is 13.2 Å². The molecule has 1 saturated carbocycles. The first-order valence-corrected chi connectivity index (χ1v) is 11.5. The Balaban J connectivity index is 1.46. The number of nitrogens with one attached hydrogen (secondary N) is 2. The van der Waals surface area contributed by atoms with Gasteiger partial charge in [-0.05, 0) is 55.5 Å². The first-order valence-electron chi connectivity index (χ1n) is 11.5. The summed E-state index contributed by atoms with van der Waals surface area (Å²) in [4.78, 5) is 21.7.